The highest BCUT2D eigenvalue weighted by molar-refractivity contribution is 6.36. The predicted octanol–water partition coefficient (Wildman–Crippen LogP) is 0.791. The Morgan fingerprint density at radius 3 is 2.00 bits per heavy atom. The van der Waals surface area contributed by atoms with Gasteiger partial charge in [-0.25, -0.2) is 0 Å². The van der Waals surface area contributed by atoms with Gasteiger partial charge < -0.3 is 18.6 Å². The Kier molecular flexibility index (Phi) is 9.64. The summed E-state index contributed by atoms with van der Waals surface area (Å²) in [6, 6.07) is 0.394. The molecule has 1 unspecified atom stereocenters. The smallest absolute Gasteiger partial charge is 0.376 e. The van der Waals surface area contributed by atoms with E-state index >= 15 is 0 Å². The van der Waals surface area contributed by atoms with Gasteiger partial charge >= 0.3 is 9.53 Å². The summed E-state index contributed by atoms with van der Waals surface area (Å²) in [5, 5.41) is 3.18. The maximum atomic E-state index is 5.60. The minimum Gasteiger partial charge on any atom is -0.376 e. The van der Waals surface area contributed by atoms with E-state index in [4.69, 9.17) is 13.3 Å². The van der Waals surface area contributed by atoms with Crippen molar-refractivity contribution in [2.45, 2.75) is 33.2 Å². The predicted molar refractivity (Wildman–Crippen MR) is 59.5 cm³/mol. The van der Waals surface area contributed by atoms with Crippen molar-refractivity contribution >= 4 is 9.53 Å². The minimum atomic E-state index is -1.86. The second-order valence-corrected chi connectivity index (χ2v) is 4.50. The third-order valence-electron chi connectivity index (χ3n) is 1.94. The zero-order valence-electron chi connectivity index (χ0n) is 9.71. The lowest BCUT2D eigenvalue weighted by atomic mass is 10.2. The van der Waals surface area contributed by atoms with Crippen molar-refractivity contribution in [2.24, 2.45) is 0 Å². The molecule has 5 heteroatoms. The maximum absolute atomic E-state index is 5.60. The minimum absolute atomic E-state index is 0.394. The van der Waals surface area contributed by atoms with E-state index < -0.39 is 9.53 Å². The van der Waals surface area contributed by atoms with Gasteiger partial charge in [-0.1, -0.05) is 6.92 Å². The molecule has 0 saturated heterocycles. The van der Waals surface area contributed by atoms with Gasteiger partial charge in [0, 0.05) is 19.3 Å². The van der Waals surface area contributed by atoms with Crippen LogP contribution in [-0.4, -0.2) is 42.4 Å². The lowest BCUT2D eigenvalue weighted by molar-refractivity contribution is 0.0932. The summed E-state index contributed by atoms with van der Waals surface area (Å²) >= 11 is 0. The van der Waals surface area contributed by atoms with Gasteiger partial charge in [0.2, 0.25) is 0 Å². The lowest BCUT2D eigenvalue weighted by Crippen LogP contribution is -2.36. The summed E-state index contributed by atoms with van der Waals surface area (Å²) in [5.74, 6) is 0. The molecule has 0 aromatic carbocycles. The van der Waals surface area contributed by atoms with Crippen LogP contribution in [0.2, 0.25) is 0 Å². The Labute approximate surface area is 88.9 Å². The van der Waals surface area contributed by atoms with E-state index in [1.54, 1.807) is 0 Å². The standard InChI is InChI=1S/C9H23NO3Si/c1-5-9(10-4)8-13-14(11-6-2)12-7-3/h9-10,14H,5-8H2,1-4H3. The maximum Gasteiger partial charge on any atom is 0.484 e. The van der Waals surface area contributed by atoms with Gasteiger partial charge in [0.25, 0.3) is 0 Å². The van der Waals surface area contributed by atoms with E-state index in [2.05, 4.69) is 12.2 Å². The SMILES string of the molecule is CCO[SiH](OCC)OCC(CC)NC. The van der Waals surface area contributed by atoms with Crippen LogP contribution in [0.15, 0.2) is 0 Å². The first-order valence-electron chi connectivity index (χ1n) is 5.30. The molecule has 0 rings (SSSR count). The van der Waals surface area contributed by atoms with Crippen LogP contribution in [0.3, 0.4) is 0 Å². The van der Waals surface area contributed by atoms with E-state index in [0.717, 1.165) is 6.42 Å². The van der Waals surface area contributed by atoms with Crippen molar-refractivity contribution in [1.82, 2.24) is 5.32 Å². The van der Waals surface area contributed by atoms with E-state index in [0.29, 0.717) is 25.9 Å². The highest BCUT2D eigenvalue weighted by Gasteiger charge is 2.15. The molecule has 4 nitrogen and oxygen atoms in total. The first-order valence-corrected chi connectivity index (χ1v) is 6.71. The molecule has 0 aliphatic heterocycles. The first-order chi connectivity index (χ1) is 6.78. The summed E-state index contributed by atoms with van der Waals surface area (Å²) in [6.45, 7) is 8.03. The van der Waals surface area contributed by atoms with Crippen molar-refractivity contribution in [3.8, 4) is 0 Å². The van der Waals surface area contributed by atoms with E-state index in [-0.39, 0.29) is 0 Å². The molecule has 86 valence electrons. The van der Waals surface area contributed by atoms with E-state index in [1.807, 2.05) is 20.9 Å². The highest BCUT2D eigenvalue weighted by Crippen LogP contribution is 1.97. The molecular weight excluding hydrogens is 198 g/mol. The largest absolute Gasteiger partial charge is 0.484 e. The van der Waals surface area contributed by atoms with E-state index in [1.165, 1.54) is 0 Å². The van der Waals surface area contributed by atoms with Crippen LogP contribution in [0.4, 0.5) is 0 Å². The van der Waals surface area contributed by atoms with Crippen molar-refractivity contribution in [3.05, 3.63) is 0 Å². The van der Waals surface area contributed by atoms with Gasteiger partial charge in [-0.3, -0.25) is 0 Å². The highest BCUT2D eigenvalue weighted by atomic mass is 28.3. The molecule has 0 spiro atoms. The summed E-state index contributed by atoms with van der Waals surface area (Å²) in [4.78, 5) is 0. The molecule has 0 radical (unpaired) electrons. The number of likely N-dealkylation sites (N-methyl/N-ethyl adjacent to an activating group) is 1. The molecule has 1 N–H and O–H groups in total. The fourth-order valence-electron chi connectivity index (χ4n) is 1.02. The van der Waals surface area contributed by atoms with Crippen LogP contribution in [0, 0.1) is 0 Å². The second kappa shape index (κ2) is 9.61. The first kappa shape index (κ1) is 14.1. The van der Waals surface area contributed by atoms with Crippen molar-refractivity contribution in [2.75, 3.05) is 26.9 Å². The van der Waals surface area contributed by atoms with Crippen LogP contribution in [0.1, 0.15) is 27.2 Å². The second-order valence-electron chi connectivity index (χ2n) is 2.93. The molecule has 0 aliphatic rings. The van der Waals surface area contributed by atoms with Gasteiger partial charge in [0.1, 0.15) is 0 Å². The summed E-state index contributed by atoms with van der Waals surface area (Å²) in [6.07, 6.45) is 1.05. The monoisotopic (exact) mass is 221 g/mol. The quantitative estimate of drug-likeness (QED) is 0.584. The molecule has 0 aromatic heterocycles. The molecule has 0 aliphatic carbocycles. The van der Waals surface area contributed by atoms with Gasteiger partial charge in [-0.05, 0) is 27.3 Å². The molecule has 0 heterocycles. The average molecular weight is 221 g/mol. The van der Waals surface area contributed by atoms with Crippen molar-refractivity contribution < 1.29 is 13.3 Å². The Bertz CT molecular complexity index is 117. The Morgan fingerprint density at radius 2 is 1.64 bits per heavy atom. The normalized spacial score (nSPS) is 13.5. The number of nitrogens with one attached hydrogen (secondary N) is 1. The van der Waals surface area contributed by atoms with Crippen LogP contribution in [0.5, 0.6) is 0 Å². The van der Waals surface area contributed by atoms with Gasteiger partial charge in [-0.15, -0.1) is 0 Å². The lowest BCUT2D eigenvalue weighted by Gasteiger charge is -2.19. The Morgan fingerprint density at radius 1 is 1.07 bits per heavy atom. The topological polar surface area (TPSA) is 39.7 Å². The van der Waals surface area contributed by atoms with Crippen molar-refractivity contribution in [1.29, 1.82) is 0 Å². The molecule has 0 amide bonds. The van der Waals surface area contributed by atoms with Gasteiger partial charge in [-0.2, -0.15) is 0 Å². The summed E-state index contributed by atoms with van der Waals surface area (Å²) in [7, 11) is 0.0821. The van der Waals surface area contributed by atoms with Gasteiger partial charge in [0.05, 0.1) is 6.61 Å². The Balaban J connectivity index is 3.67. The van der Waals surface area contributed by atoms with Crippen LogP contribution in [0.25, 0.3) is 0 Å². The number of hydrogen-bond donors (Lipinski definition) is 1. The Hall–Kier alpha value is 0.0569. The molecule has 1 atom stereocenters. The number of rotatable bonds is 9. The fraction of sp³-hybridized carbons (Fsp3) is 1.00. The van der Waals surface area contributed by atoms with Crippen LogP contribution >= 0.6 is 0 Å². The fourth-order valence-corrected chi connectivity index (χ4v) is 2.24. The third-order valence-corrected chi connectivity index (χ3v) is 3.62. The average Bonchev–Trinajstić information content (AvgIpc) is 2.20. The molecule has 0 aromatic rings. The van der Waals surface area contributed by atoms with Crippen LogP contribution < -0.4 is 5.32 Å². The van der Waals surface area contributed by atoms with Crippen molar-refractivity contribution in [3.63, 3.8) is 0 Å². The molecule has 0 bridgehead atoms. The summed E-state index contributed by atoms with van der Waals surface area (Å²) in [5.41, 5.74) is 0. The molecule has 0 saturated carbocycles. The van der Waals surface area contributed by atoms with Gasteiger partial charge in [0.15, 0.2) is 0 Å². The molecular formula is C9H23NO3Si. The zero-order valence-corrected chi connectivity index (χ0v) is 10.9. The van der Waals surface area contributed by atoms with Crippen LogP contribution in [-0.2, 0) is 13.3 Å². The zero-order chi connectivity index (χ0) is 10.8. The third kappa shape index (κ3) is 6.50. The summed E-state index contributed by atoms with van der Waals surface area (Å²) < 4.78 is 16.4. The van der Waals surface area contributed by atoms with E-state index in [9.17, 15) is 0 Å². The molecule has 14 heavy (non-hydrogen) atoms. The molecule has 0 fully saturated rings. The number of hydrogen-bond acceptors (Lipinski definition) is 4.